The van der Waals surface area contributed by atoms with Gasteiger partial charge in [-0.05, 0) is 26.8 Å². The Morgan fingerprint density at radius 1 is 1.44 bits per heavy atom. The molecule has 2 rings (SSSR count). The Kier molecular flexibility index (Phi) is 2.86. The van der Waals surface area contributed by atoms with Gasteiger partial charge in [0.1, 0.15) is 5.52 Å². The fourth-order valence-electron chi connectivity index (χ4n) is 2.14. The predicted molar refractivity (Wildman–Crippen MR) is 68.6 cm³/mol. The average molecular weight is 251 g/mol. The number of nitrogens with two attached hydrogens (primary N) is 1. The molecule has 98 valence electrons. The molecule has 0 amide bonds. The van der Waals surface area contributed by atoms with Crippen molar-refractivity contribution in [3.63, 3.8) is 0 Å². The third-order valence-electron chi connectivity index (χ3n) is 3.19. The summed E-state index contributed by atoms with van der Waals surface area (Å²) in [5.41, 5.74) is 4.88. The molecule has 0 saturated carbocycles. The zero-order valence-corrected chi connectivity index (χ0v) is 10.7. The molecule has 0 radical (unpaired) electrons. The molecule has 2 aromatic heterocycles. The Balaban J connectivity index is 2.87. The highest BCUT2D eigenvalue weighted by atomic mass is 16.2. The molecule has 2 heterocycles. The summed E-state index contributed by atoms with van der Waals surface area (Å²) in [4.78, 5) is 31.3. The lowest BCUT2D eigenvalue weighted by atomic mass is 10.0. The standard InChI is InChI=1S/C11H17N5O2/c1-11(2,4-5-12)16-9(17)7-8(14-6-13-7)15(3)10(16)18/h6H,4-5,12H2,1-3H3,(H,13,14). The van der Waals surface area contributed by atoms with Gasteiger partial charge in [0.05, 0.1) is 6.33 Å². The van der Waals surface area contributed by atoms with Crippen LogP contribution in [0.15, 0.2) is 15.9 Å². The van der Waals surface area contributed by atoms with Crippen LogP contribution in [-0.4, -0.2) is 25.6 Å². The van der Waals surface area contributed by atoms with Crippen LogP contribution in [0.5, 0.6) is 0 Å². The maximum atomic E-state index is 12.3. The molecular weight excluding hydrogens is 234 g/mol. The Morgan fingerprint density at radius 2 is 2.11 bits per heavy atom. The molecule has 0 bridgehead atoms. The Hall–Kier alpha value is -1.89. The first-order valence-corrected chi connectivity index (χ1v) is 5.76. The molecule has 0 fully saturated rings. The van der Waals surface area contributed by atoms with Crippen molar-refractivity contribution in [2.75, 3.05) is 6.54 Å². The lowest BCUT2D eigenvalue weighted by Gasteiger charge is -2.26. The summed E-state index contributed by atoms with van der Waals surface area (Å²) in [6.07, 6.45) is 1.95. The first-order valence-electron chi connectivity index (χ1n) is 5.76. The summed E-state index contributed by atoms with van der Waals surface area (Å²) >= 11 is 0. The van der Waals surface area contributed by atoms with E-state index in [-0.39, 0.29) is 11.2 Å². The number of aromatic nitrogens is 4. The summed E-state index contributed by atoms with van der Waals surface area (Å²) < 4.78 is 2.60. The molecule has 0 aliphatic rings. The normalized spacial score (nSPS) is 12.2. The van der Waals surface area contributed by atoms with Crippen LogP contribution in [0.4, 0.5) is 0 Å². The van der Waals surface area contributed by atoms with Crippen molar-refractivity contribution in [3.8, 4) is 0 Å². The smallest absolute Gasteiger partial charge is 0.332 e. The van der Waals surface area contributed by atoms with Crippen LogP contribution in [0.2, 0.25) is 0 Å². The van der Waals surface area contributed by atoms with Gasteiger partial charge in [-0.2, -0.15) is 0 Å². The molecule has 0 aliphatic heterocycles. The van der Waals surface area contributed by atoms with Gasteiger partial charge in [0.25, 0.3) is 5.56 Å². The fraction of sp³-hybridized carbons (Fsp3) is 0.545. The van der Waals surface area contributed by atoms with Gasteiger partial charge in [-0.25, -0.2) is 9.78 Å². The minimum absolute atomic E-state index is 0.335. The summed E-state index contributed by atoms with van der Waals surface area (Å²) in [5, 5.41) is 0. The van der Waals surface area contributed by atoms with Gasteiger partial charge in [0.15, 0.2) is 5.65 Å². The number of fused-ring (bicyclic) bond motifs is 1. The molecular formula is C11H17N5O2. The first-order chi connectivity index (χ1) is 8.40. The number of nitrogens with one attached hydrogen (secondary N) is 1. The molecule has 3 N–H and O–H groups in total. The van der Waals surface area contributed by atoms with Gasteiger partial charge in [0.2, 0.25) is 0 Å². The molecule has 0 spiro atoms. The molecule has 2 aromatic rings. The number of aromatic amines is 1. The SMILES string of the molecule is Cn1c(=O)n(C(C)(C)CCN)c(=O)c2[nH]cnc21. The molecule has 0 saturated heterocycles. The number of hydrogen-bond acceptors (Lipinski definition) is 4. The number of H-pyrrole nitrogens is 1. The van der Waals surface area contributed by atoms with Gasteiger partial charge in [-0.1, -0.05) is 0 Å². The van der Waals surface area contributed by atoms with Gasteiger partial charge < -0.3 is 10.7 Å². The third-order valence-corrected chi connectivity index (χ3v) is 3.19. The van der Waals surface area contributed by atoms with E-state index in [4.69, 9.17) is 5.73 Å². The summed E-state index contributed by atoms with van der Waals surface area (Å²) in [6.45, 7) is 4.05. The largest absolute Gasteiger partial charge is 0.339 e. The molecule has 0 aliphatic carbocycles. The van der Waals surface area contributed by atoms with E-state index in [2.05, 4.69) is 9.97 Å². The third kappa shape index (κ3) is 1.67. The number of imidazole rings is 1. The van der Waals surface area contributed by atoms with E-state index in [1.807, 2.05) is 13.8 Å². The van der Waals surface area contributed by atoms with Gasteiger partial charge >= 0.3 is 5.69 Å². The maximum absolute atomic E-state index is 12.3. The molecule has 0 aromatic carbocycles. The Labute approximate surface area is 103 Å². The molecule has 0 atom stereocenters. The van der Waals surface area contributed by atoms with Crippen molar-refractivity contribution in [1.82, 2.24) is 19.1 Å². The van der Waals surface area contributed by atoms with E-state index < -0.39 is 5.54 Å². The minimum atomic E-state index is -0.625. The maximum Gasteiger partial charge on any atom is 0.332 e. The van der Waals surface area contributed by atoms with Crippen molar-refractivity contribution in [2.24, 2.45) is 12.8 Å². The second-order valence-electron chi connectivity index (χ2n) is 4.93. The van der Waals surface area contributed by atoms with Gasteiger partial charge in [-0.15, -0.1) is 0 Å². The van der Waals surface area contributed by atoms with Crippen molar-refractivity contribution in [1.29, 1.82) is 0 Å². The van der Waals surface area contributed by atoms with Crippen molar-refractivity contribution in [2.45, 2.75) is 25.8 Å². The second kappa shape index (κ2) is 4.09. The van der Waals surface area contributed by atoms with E-state index in [1.54, 1.807) is 7.05 Å². The molecule has 7 nitrogen and oxygen atoms in total. The van der Waals surface area contributed by atoms with Crippen molar-refractivity contribution in [3.05, 3.63) is 27.2 Å². The van der Waals surface area contributed by atoms with E-state index >= 15 is 0 Å². The van der Waals surface area contributed by atoms with Crippen molar-refractivity contribution < 1.29 is 0 Å². The fourth-order valence-corrected chi connectivity index (χ4v) is 2.14. The predicted octanol–water partition coefficient (Wildman–Crippen LogP) is -0.493. The zero-order chi connectivity index (χ0) is 13.5. The van der Waals surface area contributed by atoms with Crippen LogP contribution in [0.1, 0.15) is 20.3 Å². The Bertz CT molecular complexity index is 692. The summed E-state index contributed by atoms with van der Waals surface area (Å²) in [5.74, 6) is 0. The zero-order valence-electron chi connectivity index (χ0n) is 10.7. The number of rotatable bonds is 3. The van der Waals surface area contributed by atoms with E-state index in [0.29, 0.717) is 24.1 Å². The van der Waals surface area contributed by atoms with Crippen LogP contribution >= 0.6 is 0 Å². The first kappa shape index (κ1) is 12.6. The van der Waals surface area contributed by atoms with Crippen LogP contribution in [0.3, 0.4) is 0 Å². The quantitative estimate of drug-likeness (QED) is 0.768. The minimum Gasteiger partial charge on any atom is -0.339 e. The Morgan fingerprint density at radius 3 is 2.72 bits per heavy atom. The number of aryl methyl sites for hydroxylation is 1. The molecule has 18 heavy (non-hydrogen) atoms. The van der Waals surface area contributed by atoms with Crippen LogP contribution < -0.4 is 17.0 Å². The van der Waals surface area contributed by atoms with E-state index in [1.165, 1.54) is 15.5 Å². The average Bonchev–Trinajstić information content (AvgIpc) is 2.75. The highest BCUT2D eigenvalue weighted by Crippen LogP contribution is 2.15. The summed E-state index contributed by atoms with van der Waals surface area (Å²) in [6, 6.07) is 0. The number of hydrogen-bond donors (Lipinski definition) is 2. The number of nitrogens with zero attached hydrogens (tertiary/aromatic N) is 3. The highest BCUT2D eigenvalue weighted by Gasteiger charge is 2.26. The lowest BCUT2D eigenvalue weighted by Crippen LogP contribution is -2.49. The van der Waals surface area contributed by atoms with Gasteiger partial charge in [0, 0.05) is 12.6 Å². The van der Waals surface area contributed by atoms with Gasteiger partial charge in [-0.3, -0.25) is 13.9 Å². The van der Waals surface area contributed by atoms with E-state index in [0.717, 1.165) is 0 Å². The van der Waals surface area contributed by atoms with Crippen LogP contribution in [-0.2, 0) is 12.6 Å². The summed E-state index contributed by atoms with van der Waals surface area (Å²) in [7, 11) is 1.60. The molecule has 7 heteroatoms. The monoisotopic (exact) mass is 251 g/mol. The molecule has 0 unspecified atom stereocenters. The second-order valence-corrected chi connectivity index (χ2v) is 4.93. The lowest BCUT2D eigenvalue weighted by molar-refractivity contribution is 0.306. The van der Waals surface area contributed by atoms with Crippen LogP contribution in [0, 0.1) is 0 Å². The van der Waals surface area contributed by atoms with Crippen LogP contribution in [0.25, 0.3) is 11.2 Å². The topological polar surface area (TPSA) is 98.7 Å². The highest BCUT2D eigenvalue weighted by molar-refractivity contribution is 5.68. The van der Waals surface area contributed by atoms with E-state index in [9.17, 15) is 9.59 Å². The van der Waals surface area contributed by atoms with Crippen molar-refractivity contribution >= 4 is 11.2 Å².